The minimum atomic E-state index is -0.620. The number of hydrogen-bond donors (Lipinski definition) is 0. The Bertz CT molecular complexity index is 936. The highest BCUT2D eigenvalue weighted by Crippen LogP contribution is 2.38. The molecule has 0 aliphatic carbocycles. The van der Waals surface area contributed by atoms with E-state index in [1.807, 2.05) is 25.1 Å². The fourth-order valence-electron chi connectivity index (χ4n) is 3.10. The summed E-state index contributed by atoms with van der Waals surface area (Å²) in [6.07, 6.45) is 0. The van der Waals surface area contributed by atoms with Crippen LogP contribution in [-0.4, -0.2) is 19.0 Å². The van der Waals surface area contributed by atoms with Crippen molar-refractivity contribution in [2.75, 3.05) is 7.11 Å². The third-order valence-corrected chi connectivity index (χ3v) is 4.16. The zero-order valence-electron chi connectivity index (χ0n) is 14.3. The van der Waals surface area contributed by atoms with Gasteiger partial charge in [-0.3, -0.25) is 0 Å². The third kappa shape index (κ3) is 2.33. The van der Waals surface area contributed by atoms with Crippen LogP contribution in [0.2, 0.25) is 0 Å². The first-order valence-corrected chi connectivity index (χ1v) is 7.58. The van der Waals surface area contributed by atoms with Crippen LogP contribution in [0, 0.1) is 6.92 Å². The Morgan fingerprint density at radius 3 is 2.33 bits per heavy atom. The first-order valence-electron chi connectivity index (χ1n) is 7.58. The molecule has 1 aliphatic rings. The topological polar surface area (TPSA) is 65.7 Å². The number of hydrogen-bond acceptors (Lipinski definition) is 5. The summed E-state index contributed by atoms with van der Waals surface area (Å²) in [5, 5.41) is 0.831. The maximum atomic E-state index is 12.2. The van der Waals surface area contributed by atoms with E-state index in [1.165, 1.54) is 0 Å². The van der Waals surface area contributed by atoms with Gasteiger partial charge in [0.05, 0.1) is 18.3 Å². The van der Waals surface area contributed by atoms with Crippen LogP contribution in [0.25, 0.3) is 16.5 Å². The Morgan fingerprint density at radius 2 is 1.71 bits per heavy atom. The number of carbonyl (C=O) groups excluding carboxylic acids is 2. The summed E-state index contributed by atoms with van der Waals surface area (Å²) in [6, 6.07) is 5.49. The number of cyclic esters (lactones) is 2. The van der Waals surface area contributed by atoms with E-state index in [4.69, 9.17) is 13.9 Å². The van der Waals surface area contributed by atoms with Crippen LogP contribution in [0.1, 0.15) is 32.1 Å². The third-order valence-electron chi connectivity index (χ3n) is 4.16. The summed E-state index contributed by atoms with van der Waals surface area (Å²) in [5.41, 5.74) is 3.50. The number of aryl methyl sites for hydroxylation is 1. The standard InChI is InChI=1S/C19H18O5/c1-9(2)15-17(19(21)24-18(15)20)10(3)16-11(4)23-14-7-6-12(22-5)8-13(14)16/h6-8H,1-5H3/b17-10-. The van der Waals surface area contributed by atoms with Crippen molar-refractivity contribution in [2.24, 2.45) is 0 Å². The number of benzene rings is 1. The van der Waals surface area contributed by atoms with E-state index in [1.54, 1.807) is 27.9 Å². The first kappa shape index (κ1) is 16.1. The smallest absolute Gasteiger partial charge is 0.347 e. The van der Waals surface area contributed by atoms with E-state index >= 15 is 0 Å². The largest absolute Gasteiger partial charge is 0.497 e. The van der Waals surface area contributed by atoms with Gasteiger partial charge >= 0.3 is 11.9 Å². The number of furan rings is 1. The zero-order chi connectivity index (χ0) is 17.6. The maximum absolute atomic E-state index is 12.2. The summed E-state index contributed by atoms with van der Waals surface area (Å²) in [7, 11) is 1.59. The SMILES string of the molecule is COc1ccc2oc(C)c(/C(C)=C3\C(=O)OC(=O)C3=C(C)C)c2c1. The molecule has 1 fully saturated rings. The molecule has 0 amide bonds. The second-order valence-corrected chi connectivity index (χ2v) is 5.95. The Hall–Kier alpha value is -2.82. The molecule has 0 N–H and O–H groups in total. The Balaban J connectivity index is 2.34. The van der Waals surface area contributed by atoms with Crippen molar-refractivity contribution >= 4 is 28.5 Å². The van der Waals surface area contributed by atoms with Crippen LogP contribution in [0.15, 0.2) is 39.3 Å². The van der Waals surface area contributed by atoms with E-state index in [0.29, 0.717) is 33.8 Å². The van der Waals surface area contributed by atoms with E-state index in [-0.39, 0.29) is 0 Å². The molecule has 2 heterocycles. The van der Waals surface area contributed by atoms with Crippen molar-refractivity contribution in [2.45, 2.75) is 27.7 Å². The van der Waals surface area contributed by atoms with E-state index in [2.05, 4.69) is 0 Å². The maximum Gasteiger partial charge on any atom is 0.347 e. The van der Waals surface area contributed by atoms with Crippen molar-refractivity contribution < 1.29 is 23.5 Å². The number of methoxy groups -OCH3 is 1. The molecule has 5 nitrogen and oxygen atoms in total. The highest BCUT2D eigenvalue weighted by molar-refractivity contribution is 6.22. The van der Waals surface area contributed by atoms with Crippen molar-refractivity contribution in [3.8, 4) is 5.75 Å². The molecule has 124 valence electrons. The Labute approximate surface area is 139 Å². The van der Waals surface area contributed by atoms with Crippen LogP contribution in [0.4, 0.5) is 0 Å². The van der Waals surface area contributed by atoms with Crippen molar-refractivity contribution in [1.29, 1.82) is 0 Å². The van der Waals surface area contributed by atoms with Gasteiger partial charge in [-0.05, 0) is 51.5 Å². The summed E-state index contributed by atoms with van der Waals surface area (Å²) in [5.74, 6) is 0.140. The lowest BCUT2D eigenvalue weighted by Gasteiger charge is -2.06. The fourth-order valence-corrected chi connectivity index (χ4v) is 3.10. The molecular weight excluding hydrogens is 308 g/mol. The lowest BCUT2D eigenvalue weighted by Crippen LogP contribution is -2.00. The number of carbonyl (C=O) groups is 2. The summed E-state index contributed by atoms with van der Waals surface area (Å²) < 4.78 is 15.9. The minimum Gasteiger partial charge on any atom is -0.497 e. The number of fused-ring (bicyclic) bond motifs is 1. The molecule has 24 heavy (non-hydrogen) atoms. The highest BCUT2D eigenvalue weighted by Gasteiger charge is 2.37. The van der Waals surface area contributed by atoms with Gasteiger partial charge < -0.3 is 13.9 Å². The number of allylic oxidation sites excluding steroid dienone is 2. The van der Waals surface area contributed by atoms with Crippen LogP contribution >= 0.6 is 0 Å². The number of esters is 2. The van der Waals surface area contributed by atoms with Gasteiger partial charge in [-0.25, -0.2) is 9.59 Å². The molecule has 5 heteroatoms. The van der Waals surface area contributed by atoms with Crippen molar-refractivity contribution in [3.63, 3.8) is 0 Å². The quantitative estimate of drug-likeness (QED) is 0.475. The van der Waals surface area contributed by atoms with Gasteiger partial charge in [0.1, 0.15) is 17.1 Å². The van der Waals surface area contributed by atoms with Gasteiger partial charge in [-0.1, -0.05) is 5.57 Å². The minimum absolute atomic E-state index is 0.300. The fraction of sp³-hybridized carbons (Fsp3) is 0.263. The molecule has 2 aromatic rings. The molecule has 1 saturated heterocycles. The predicted molar refractivity (Wildman–Crippen MR) is 89.6 cm³/mol. The van der Waals surface area contributed by atoms with Crippen LogP contribution < -0.4 is 4.74 Å². The lowest BCUT2D eigenvalue weighted by atomic mass is 9.93. The second-order valence-electron chi connectivity index (χ2n) is 5.95. The molecule has 1 aliphatic heterocycles. The highest BCUT2D eigenvalue weighted by atomic mass is 16.6. The summed E-state index contributed by atoms with van der Waals surface area (Å²) >= 11 is 0. The molecule has 0 atom stereocenters. The van der Waals surface area contributed by atoms with Crippen LogP contribution in [-0.2, 0) is 14.3 Å². The van der Waals surface area contributed by atoms with E-state index < -0.39 is 11.9 Å². The Kier molecular flexibility index (Phi) is 3.79. The predicted octanol–water partition coefficient (Wildman–Crippen LogP) is 3.94. The van der Waals surface area contributed by atoms with Crippen LogP contribution in [0.3, 0.4) is 0 Å². The van der Waals surface area contributed by atoms with Crippen molar-refractivity contribution in [1.82, 2.24) is 0 Å². The van der Waals surface area contributed by atoms with Gasteiger partial charge in [0.15, 0.2) is 0 Å². The normalized spacial score (nSPS) is 16.6. The van der Waals surface area contributed by atoms with Gasteiger partial charge in [-0.15, -0.1) is 0 Å². The Morgan fingerprint density at radius 1 is 1.04 bits per heavy atom. The van der Waals surface area contributed by atoms with Gasteiger partial charge in [0.25, 0.3) is 0 Å². The summed E-state index contributed by atoms with van der Waals surface area (Å²) in [4.78, 5) is 24.2. The second kappa shape index (κ2) is 5.67. The molecule has 1 aromatic carbocycles. The monoisotopic (exact) mass is 326 g/mol. The molecule has 1 aromatic heterocycles. The molecule has 0 spiro atoms. The van der Waals surface area contributed by atoms with Gasteiger partial charge in [0.2, 0.25) is 0 Å². The average Bonchev–Trinajstić information content (AvgIpc) is 3.01. The molecule has 0 saturated carbocycles. The lowest BCUT2D eigenvalue weighted by molar-refractivity contribution is -0.149. The molecule has 3 rings (SSSR count). The molecule has 0 unspecified atom stereocenters. The van der Waals surface area contributed by atoms with Crippen molar-refractivity contribution in [3.05, 3.63) is 46.2 Å². The zero-order valence-corrected chi connectivity index (χ0v) is 14.3. The van der Waals surface area contributed by atoms with Gasteiger partial charge in [-0.2, -0.15) is 0 Å². The van der Waals surface area contributed by atoms with E-state index in [9.17, 15) is 9.59 Å². The van der Waals surface area contributed by atoms with E-state index in [0.717, 1.165) is 16.5 Å². The first-order chi connectivity index (χ1) is 11.3. The van der Waals surface area contributed by atoms with Gasteiger partial charge in [0, 0.05) is 10.9 Å². The molecule has 0 bridgehead atoms. The average molecular weight is 326 g/mol. The number of ether oxygens (including phenoxy) is 2. The summed E-state index contributed by atoms with van der Waals surface area (Å²) in [6.45, 7) is 7.20. The van der Waals surface area contributed by atoms with Crippen LogP contribution in [0.5, 0.6) is 5.75 Å². The molecular formula is C19H18O5. The number of rotatable bonds is 2. The molecule has 0 radical (unpaired) electrons.